The Bertz CT molecular complexity index is 1020. The Balaban J connectivity index is 2.22. The molecule has 0 amide bonds. The molecule has 1 aliphatic rings. The minimum Gasteiger partial charge on any atom is -0.465 e. The van der Waals surface area contributed by atoms with Crippen LogP contribution < -0.4 is 0 Å². The lowest BCUT2D eigenvalue weighted by molar-refractivity contribution is -0.137. The van der Waals surface area contributed by atoms with Crippen LogP contribution in [0.1, 0.15) is 16.7 Å². The van der Waals surface area contributed by atoms with Gasteiger partial charge in [-0.25, -0.2) is 14.6 Å². The van der Waals surface area contributed by atoms with Crippen molar-refractivity contribution >= 4 is 28.9 Å². The first-order valence-electron chi connectivity index (χ1n) is 9.28. The summed E-state index contributed by atoms with van der Waals surface area (Å²) < 4.78 is 20.5. The maximum Gasteiger partial charge on any atom is 0.340 e. The molecule has 2 aromatic rings. The predicted molar refractivity (Wildman–Crippen MR) is 112 cm³/mol. The molecule has 2 aromatic carbocycles. The number of fused-ring (bicyclic) bond motifs is 1. The lowest BCUT2D eigenvalue weighted by Gasteiger charge is -2.15. The Morgan fingerprint density at radius 3 is 2.00 bits per heavy atom. The number of para-hydroxylation sites is 1. The number of ether oxygens (including phenoxy) is 4. The highest BCUT2D eigenvalue weighted by Crippen LogP contribution is 2.36. The van der Waals surface area contributed by atoms with Gasteiger partial charge < -0.3 is 18.9 Å². The molecule has 7 nitrogen and oxygen atoms in total. The van der Waals surface area contributed by atoms with Crippen LogP contribution in [0.25, 0.3) is 5.57 Å². The topological polar surface area (TPSA) is 83.4 Å². The molecular weight excluding hydrogens is 386 g/mol. The van der Waals surface area contributed by atoms with Crippen molar-refractivity contribution in [1.29, 1.82) is 0 Å². The first kappa shape index (κ1) is 21.4. The summed E-state index contributed by atoms with van der Waals surface area (Å²) in [5.41, 5.74) is 3.31. The molecule has 0 unspecified atom stereocenters. The van der Waals surface area contributed by atoms with Gasteiger partial charge in [0.25, 0.3) is 0 Å². The lowest BCUT2D eigenvalue weighted by Crippen LogP contribution is -2.17. The van der Waals surface area contributed by atoms with Crippen LogP contribution in [0, 0.1) is 0 Å². The molecule has 0 aromatic heterocycles. The second kappa shape index (κ2) is 9.47. The molecule has 0 aliphatic heterocycles. The van der Waals surface area contributed by atoms with E-state index in [4.69, 9.17) is 23.9 Å². The Morgan fingerprint density at radius 2 is 1.37 bits per heavy atom. The second-order valence-electron chi connectivity index (χ2n) is 6.47. The number of hydrogen-bond acceptors (Lipinski definition) is 7. The zero-order chi connectivity index (χ0) is 21.7. The van der Waals surface area contributed by atoms with E-state index in [-0.39, 0.29) is 11.1 Å². The largest absolute Gasteiger partial charge is 0.465 e. The second-order valence-corrected chi connectivity index (χ2v) is 6.47. The van der Waals surface area contributed by atoms with E-state index in [1.54, 1.807) is 26.4 Å². The van der Waals surface area contributed by atoms with Crippen LogP contribution >= 0.6 is 0 Å². The number of methoxy groups -OCH3 is 4. The van der Waals surface area contributed by atoms with Gasteiger partial charge in [0.15, 0.2) is 6.29 Å². The fourth-order valence-corrected chi connectivity index (χ4v) is 3.38. The SMILES string of the molecule is COC(=O)C1=C(C(=O)OC)c2ccccc2C1=Nc1ccccc1CC(OC)OC. The third kappa shape index (κ3) is 4.03. The van der Waals surface area contributed by atoms with E-state index in [2.05, 4.69) is 0 Å². The fraction of sp³-hybridized carbons (Fsp3) is 0.261. The quantitative estimate of drug-likeness (QED) is 0.516. The Labute approximate surface area is 174 Å². The summed E-state index contributed by atoms with van der Waals surface area (Å²) in [6, 6.07) is 14.7. The average molecular weight is 409 g/mol. The van der Waals surface area contributed by atoms with Crippen LogP contribution in [-0.4, -0.2) is 52.4 Å². The van der Waals surface area contributed by atoms with Crippen molar-refractivity contribution < 1.29 is 28.5 Å². The number of carbonyl (C=O) groups excluding carboxylic acids is 2. The minimum absolute atomic E-state index is 0.0791. The molecule has 7 heteroatoms. The van der Waals surface area contributed by atoms with Crippen molar-refractivity contribution in [2.45, 2.75) is 12.7 Å². The number of hydrogen-bond donors (Lipinski definition) is 0. The van der Waals surface area contributed by atoms with Gasteiger partial charge in [-0.15, -0.1) is 0 Å². The number of esters is 2. The van der Waals surface area contributed by atoms with Crippen molar-refractivity contribution in [1.82, 2.24) is 0 Å². The van der Waals surface area contributed by atoms with Gasteiger partial charge in [-0.2, -0.15) is 0 Å². The number of nitrogens with zero attached hydrogens (tertiary/aromatic N) is 1. The summed E-state index contributed by atoms with van der Waals surface area (Å²) in [4.78, 5) is 30.0. The number of aliphatic imine (C=N–C) groups is 1. The van der Waals surface area contributed by atoms with Crippen molar-refractivity contribution in [3.05, 3.63) is 70.8 Å². The highest BCUT2D eigenvalue weighted by atomic mass is 16.7. The smallest absolute Gasteiger partial charge is 0.340 e. The highest BCUT2D eigenvalue weighted by molar-refractivity contribution is 6.43. The Hall–Kier alpha value is -3.29. The molecule has 0 spiro atoms. The van der Waals surface area contributed by atoms with Gasteiger partial charge in [-0.3, -0.25) is 0 Å². The fourth-order valence-electron chi connectivity index (χ4n) is 3.38. The Morgan fingerprint density at radius 1 is 0.800 bits per heavy atom. The summed E-state index contributed by atoms with van der Waals surface area (Å²) in [6.45, 7) is 0. The molecule has 0 saturated carbocycles. The third-order valence-corrected chi connectivity index (χ3v) is 4.85. The van der Waals surface area contributed by atoms with Crippen molar-refractivity contribution in [3.8, 4) is 0 Å². The molecule has 0 heterocycles. The number of benzene rings is 2. The molecule has 0 fully saturated rings. The molecule has 156 valence electrons. The first-order valence-corrected chi connectivity index (χ1v) is 9.28. The van der Waals surface area contributed by atoms with Gasteiger partial charge in [-0.05, 0) is 17.2 Å². The van der Waals surface area contributed by atoms with Crippen LogP contribution in [0.5, 0.6) is 0 Å². The molecule has 0 N–H and O–H groups in total. The van der Waals surface area contributed by atoms with Crippen LogP contribution in [-0.2, 0) is 35.0 Å². The molecule has 1 aliphatic carbocycles. The summed E-state index contributed by atoms with van der Waals surface area (Å²) in [6.07, 6.45) is 0.0198. The number of carbonyl (C=O) groups is 2. The zero-order valence-corrected chi connectivity index (χ0v) is 17.3. The molecule has 0 bridgehead atoms. The highest BCUT2D eigenvalue weighted by Gasteiger charge is 2.37. The van der Waals surface area contributed by atoms with Crippen LogP contribution in [0.15, 0.2) is 59.1 Å². The summed E-state index contributed by atoms with van der Waals surface area (Å²) >= 11 is 0. The van der Waals surface area contributed by atoms with Crippen molar-refractivity contribution in [2.24, 2.45) is 4.99 Å². The average Bonchev–Trinajstić information content (AvgIpc) is 3.11. The summed E-state index contributed by atoms with van der Waals surface area (Å²) in [7, 11) is 5.67. The monoisotopic (exact) mass is 409 g/mol. The third-order valence-electron chi connectivity index (χ3n) is 4.85. The van der Waals surface area contributed by atoms with E-state index in [0.29, 0.717) is 28.9 Å². The lowest BCUT2D eigenvalue weighted by atomic mass is 10.1. The van der Waals surface area contributed by atoms with E-state index in [1.165, 1.54) is 14.2 Å². The van der Waals surface area contributed by atoms with Gasteiger partial charge in [0.1, 0.15) is 5.57 Å². The van der Waals surface area contributed by atoms with E-state index < -0.39 is 18.2 Å². The summed E-state index contributed by atoms with van der Waals surface area (Å²) in [5, 5.41) is 0. The summed E-state index contributed by atoms with van der Waals surface area (Å²) in [5.74, 6) is -1.28. The van der Waals surface area contributed by atoms with Gasteiger partial charge in [-0.1, -0.05) is 42.5 Å². The molecule has 3 rings (SSSR count). The molecule has 0 atom stereocenters. The van der Waals surface area contributed by atoms with Crippen LogP contribution in [0.3, 0.4) is 0 Å². The molecule has 0 saturated heterocycles. The first-order chi connectivity index (χ1) is 14.5. The standard InChI is InChI=1S/C23H23NO6/c1-27-18(28-2)13-14-9-5-8-12-17(14)24-21-16-11-7-6-10-15(16)19(22(25)29-3)20(21)23(26)30-4/h5-12,18H,13H2,1-4H3. The van der Waals surface area contributed by atoms with E-state index >= 15 is 0 Å². The maximum atomic E-state index is 12.7. The minimum atomic E-state index is -0.658. The predicted octanol–water partition coefficient (Wildman–Crippen LogP) is 3.08. The van der Waals surface area contributed by atoms with E-state index in [1.807, 2.05) is 36.4 Å². The maximum absolute atomic E-state index is 12.7. The Kier molecular flexibility index (Phi) is 6.76. The van der Waals surface area contributed by atoms with Gasteiger partial charge in [0.05, 0.1) is 31.2 Å². The van der Waals surface area contributed by atoms with Gasteiger partial charge in [0, 0.05) is 26.2 Å². The van der Waals surface area contributed by atoms with Gasteiger partial charge in [0.2, 0.25) is 0 Å². The van der Waals surface area contributed by atoms with E-state index in [9.17, 15) is 9.59 Å². The van der Waals surface area contributed by atoms with Crippen LogP contribution in [0.2, 0.25) is 0 Å². The van der Waals surface area contributed by atoms with Crippen molar-refractivity contribution in [3.63, 3.8) is 0 Å². The molecule has 30 heavy (non-hydrogen) atoms. The normalized spacial score (nSPS) is 14.2. The van der Waals surface area contributed by atoms with E-state index in [0.717, 1.165) is 5.56 Å². The molecular formula is C23H23NO6. The zero-order valence-electron chi connectivity index (χ0n) is 17.3. The molecule has 0 radical (unpaired) electrons. The number of rotatable bonds is 7. The van der Waals surface area contributed by atoms with Gasteiger partial charge >= 0.3 is 11.9 Å². The van der Waals surface area contributed by atoms with Crippen molar-refractivity contribution in [2.75, 3.05) is 28.4 Å². The van der Waals surface area contributed by atoms with Crippen LogP contribution in [0.4, 0.5) is 5.69 Å².